The Balaban J connectivity index is 1.72. The summed E-state index contributed by atoms with van der Waals surface area (Å²) in [5.41, 5.74) is 6.64. The van der Waals surface area contributed by atoms with Crippen LogP contribution in [0.3, 0.4) is 0 Å². The SMILES string of the molecule is CC[C@H](N)Cc1nc(-c2ccc(Oc3ncc(Br)cc3F)cc2)no1. The molecule has 1 aromatic carbocycles. The predicted molar refractivity (Wildman–Crippen MR) is 93.7 cm³/mol. The van der Waals surface area contributed by atoms with Crippen molar-refractivity contribution < 1.29 is 13.7 Å². The first-order chi connectivity index (χ1) is 12.0. The molecule has 25 heavy (non-hydrogen) atoms. The topological polar surface area (TPSA) is 87.1 Å². The van der Waals surface area contributed by atoms with Crippen molar-refractivity contribution >= 4 is 15.9 Å². The standard InChI is InChI=1S/C17H16BrFN4O2/c1-2-12(20)8-15-22-16(23-25-15)10-3-5-13(6-4-10)24-17-14(19)7-11(18)9-21-17/h3-7,9,12H,2,8,20H2,1H3/t12-/m0/s1. The number of hydrogen-bond acceptors (Lipinski definition) is 6. The van der Waals surface area contributed by atoms with Gasteiger partial charge in [-0.1, -0.05) is 12.1 Å². The van der Waals surface area contributed by atoms with Crippen LogP contribution in [0.2, 0.25) is 0 Å². The Bertz CT molecular complexity index is 854. The van der Waals surface area contributed by atoms with Crippen molar-refractivity contribution in [2.45, 2.75) is 25.8 Å². The van der Waals surface area contributed by atoms with Crippen molar-refractivity contribution in [2.75, 3.05) is 0 Å². The molecule has 3 rings (SSSR count). The van der Waals surface area contributed by atoms with Crippen LogP contribution in [-0.4, -0.2) is 21.2 Å². The molecule has 130 valence electrons. The third-order valence-electron chi connectivity index (χ3n) is 3.53. The van der Waals surface area contributed by atoms with Gasteiger partial charge < -0.3 is 15.0 Å². The molecule has 0 spiro atoms. The minimum absolute atomic E-state index is 0.00242. The average molecular weight is 407 g/mol. The predicted octanol–water partition coefficient (Wildman–Crippen LogP) is 4.11. The summed E-state index contributed by atoms with van der Waals surface area (Å²) in [5.74, 6) is 0.790. The van der Waals surface area contributed by atoms with E-state index in [-0.39, 0.29) is 11.9 Å². The van der Waals surface area contributed by atoms with Gasteiger partial charge in [0.1, 0.15) is 5.75 Å². The van der Waals surface area contributed by atoms with Gasteiger partial charge in [0, 0.05) is 28.7 Å². The van der Waals surface area contributed by atoms with Crippen molar-refractivity contribution in [3.8, 4) is 23.0 Å². The smallest absolute Gasteiger partial charge is 0.255 e. The van der Waals surface area contributed by atoms with E-state index in [1.54, 1.807) is 24.3 Å². The van der Waals surface area contributed by atoms with E-state index in [0.717, 1.165) is 12.0 Å². The number of rotatable bonds is 6. The molecule has 0 aliphatic carbocycles. The molecular formula is C17H16BrFN4O2. The highest BCUT2D eigenvalue weighted by Crippen LogP contribution is 2.26. The van der Waals surface area contributed by atoms with E-state index in [0.29, 0.717) is 28.4 Å². The highest BCUT2D eigenvalue weighted by Gasteiger charge is 2.12. The van der Waals surface area contributed by atoms with Gasteiger partial charge in [0.05, 0.1) is 0 Å². The molecule has 0 saturated carbocycles. The molecule has 2 heterocycles. The number of ether oxygens (including phenoxy) is 1. The van der Waals surface area contributed by atoms with Gasteiger partial charge in [0.2, 0.25) is 11.7 Å². The minimum atomic E-state index is -0.548. The Hall–Kier alpha value is -2.32. The molecule has 2 aromatic heterocycles. The first-order valence-corrected chi connectivity index (χ1v) is 8.52. The summed E-state index contributed by atoms with van der Waals surface area (Å²) in [5, 5.41) is 3.95. The quantitative estimate of drug-likeness (QED) is 0.662. The van der Waals surface area contributed by atoms with Crippen molar-refractivity contribution in [3.63, 3.8) is 0 Å². The second kappa shape index (κ2) is 7.71. The largest absolute Gasteiger partial charge is 0.436 e. The second-order valence-electron chi connectivity index (χ2n) is 5.45. The fourth-order valence-corrected chi connectivity index (χ4v) is 2.39. The zero-order valence-electron chi connectivity index (χ0n) is 13.4. The van der Waals surface area contributed by atoms with Crippen LogP contribution < -0.4 is 10.5 Å². The molecule has 0 bridgehead atoms. The molecule has 0 radical (unpaired) electrons. The summed E-state index contributed by atoms with van der Waals surface area (Å²) in [4.78, 5) is 8.23. The van der Waals surface area contributed by atoms with Gasteiger partial charge in [-0.15, -0.1) is 0 Å². The number of benzene rings is 1. The first-order valence-electron chi connectivity index (χ1n) is 7.72. The summed E-state index contributed by atoms with van der Waals surface area (Å²) in [7, 11) is 0. The highest BCUT2D eigenvalue weighted by molar-refractivity contribution is 9.10. The lowest BCUT2D eigenvalue weighted by Crippen LogP contribution is -2.21. The van der Waals surface area contributed by atoms with Gasteiger partial charge in [-0.3, -0.25) is 0 Å². The summed E-state index contributed by atoms with van der Waals surface area (Å²) in [6.45, 7) is 2.00. The van der Waals surface area contributed by atoms with E-state index < -0.39 is 5.82 Å². The van der Waals surface area contributed by atoms with Gasteiger partial charge in [-0.25, -0.2) is 9.37 Å². The van der Waals surface area contributed by atoms with Crippen LogP contribution in [0.5, 0.6) is 11.6 Å². The Morgan fingerprint density at radius 1 is 1.32 bits per heavy atom. The number of pyridine rings is 1. The van der Waals surface area contributed by atoms with Gasteiger partial charge in [0.15, 0.2) is 5.82 Å². The lowest BCUT2D eigenvalue weighted by Gasteiger charge is -2.06. The molecule has 8 heteroatoms. The maximum Gasteiger partial charge on any atom is 0.255 e. The van der Waals surface area contributed by atoms with Crippen molar-refractivity contribution in [2.24, 2.45) is 5.73 Å². The molecular weight excluding hydrogens is 391 g/mol. The summed E-state index contributed by atoms with van der Waals surface area (Å²) < 4.78 is 24.9. The molecule has 2 N–H and O–H groups in total. The summed E-state index contributed by atoms with van der Waals surface area (Å²) in [6, 6.07) is 8.19. The molecule has 0 saturated heterocycles. The molecule has 3 aromatic rings. The molecule has 0 unspecified atom stereocenters. The van der Waals surface area contributed by atoms with E-state index in [9.17, 15) is 4.39 Å². The van der Waals surface area contributed by atoms with Crippen molar-refractivity contribution in [3.05, 3.63) is 52.7 Å². The van der Waals surface area contributed by atoms with Crippen LogP contribution in [0.1, 0.15) is 19.2 Å². The van der Waals surface area contributed by atoms with E-state index in [1.165, 1.54) is 12.3 Å². The van der Waals surface area contributed by atoms with Crippen LogP contribution in [0.4, 0.5) is 4.39 Å². The number of nitrogens with two attached hydrogens (primary N) is 1. The van der Waals surface area contributed by atoms with Gasteiger partial charge in [0.25, 0.3) is 5.88 Å². The van der Waals surface area contributed by atoms with E-state index >= 15 is 0 Å². The van der Waals surface area contributed by atoms with E-state index in [4.69, 9.17) is 15.0 Å². The summed E-state index contributed by atoms with van der Waals surface area (Å²) >= 11 is 3.15. The number of nitrogens with zero attached hydrogens (tertiary/aromatic N) is 3. The molecule has 1 atom stereocenters. The minimum Gasteiger partial charge on any atom is -0.436 e. The number of hydrogen-bond donors (Lipinski definition) is 1. The third kappa shape index (κ3) is 4.40. The fraction of sp³-hybridized carbons (Fsp3) is 0.235. The fourth-order valence-electron chi connectivity index (χ4n) is 2.08. The van der Waals surface area contributed by atoms with Gasteiger partial charge in [-0.05, 0) is 52.7 Å². The normalized spacial score (nSPS) is 12.2. The maximum atomic E-state index is 13.8. The van der Waals surface area contributed by atoms with Gasteiger partial charge in [-0.2, -0.15) is 4.98 Å². The third-order valence-corrected chi connectivity index (χ3v) is 3.96. The lowest BCUT2D eigenvalue weighted by molar-refractivity contribution is 0.368. The Labute approximate surface area is 152 Å². The number of halogens is 2. The molecule has 0 aliphatic heterocycles. The van der Waals surface area contributed by atoms with Crippen LogP contribution in [0.25, 0.3) is 11.4 Å². The van der Waals surface area contributed by atoms with Crippen molar-refractivity contribution in [1.29, 1.82) is 0 Å². The van der Waals surface area contributed by atoms with Crippen LogP contribution in [0.15, 0.2) is 45.5 Å². The van der Waals surface area contributed by atoms with E-state index in [2.05, 4.69) is 31.1 Å². The van der Waals surface area contributed by atoms with Crippen molar-refractivity contribution in [1.82, 2.24) is 15.1 Å². The maximum absolute atomic E-state index is 13.8. The Morgan fingerprint density at radius 3 is 2.76 bits per heavy atom. The average Bonchev–Trinajstić information content (AvgIpc) is 3.06. The molecule has 0 fully saturated rings. The zero-order chi connectivity index (χ0) is 17.8. The highest BCUT2D eigenvalue weighted by atomic mass is 79.9. The Kier molecular flexibility index (Phi) is 5.40. The molecule has 0 amide bonds. The van der Waals surface area contributed by atoms with E-state index in [1.807, 2.05) is 6.92 Å². The molecule has 0 aliphatic rings. The van der Waals surface area contributed by atoms with Crippen LogP contribution in [-0.2, 0) is 6.42 Å². The van der Waals surface area contributed by atoms with Crippen LogP contribution in [0, 0.1) is 5.82 Å². The Morgan fingerprint density at radius 2 is 2.08 bits per heavy atom. The second-order valence-corrected chi connectivity index (χ2v) is 6.37. The lowest BCUT2D eigenvalue weighted by atomic mass is 10.2. The summed E-state index contributed by atoms with van der Waals surface area (Å²) in [6.07, 6.45) is 2.85. The molecule has 6 nitrogen and oxygen atoms in total. The number of aromatic nitrogens is 3. The first kappa shape index (κ1) is 17.5. The zero-order valence-corrected chi connectivity index (χ0v) is 15.0. The monoisotopic (exact) mass is 406 g/mol. The van der Waals surface area contributed by atoms with Crippen LogP contribution >= 0.6 is 15.9 Å². The van der Waals surface area contributed by atoms with Gasteiger partial charge >= 0.3 is 0 Å².